The molecule has 0 aromatic heterocycles. The van der Waals surface area contributed by atoms with Gasteiger partial charge in [0.2, 0.25) is 0 Å². The number of unbranched alkanes of at least 4 members (excludes halogenated alkanes) is 3. The minimum atomic E-state index is -0.627. The van der Waals surface area contributed by atoms with Crippen LogP contribution in [0.25, 0.3) is 0 Å². The van der Waals surface area contributed by atoms with Gasteiger partial charge in [0, 0.05) is 12.1 Å². The van der Waals surface area contributed by atoms with Gasteiger partial charge in [0.25, 0.3) is 0 Å². The number of rotatable bonds is 7. The summed E-state index contributed by atoms with van der Waals surface area (Å²) in [5.74, 6) is -0.786. The van der Waals surface area contributed by atoms with E-state index in [0.29, 0.717) is 6.04 Å². The van der Waals surface area contributed by atoms with E-state index in [-0.39, 0.29) is 12.0 Å². The Hall–Kier alpha value is -0.570. The Morgan fingerprint density at radius 2 is 2.12 bits per heavy atom. The number of carboxylic acids is 1. The van der Waals surface area contributed by atoms with Gasteiger partial charge in [0.05, 0.1) is 5.92 Å². The highest BCUT2D eigenvalue weighted by molar-refractivity contribution is 5.71. The number of hydrogen-bond donors (Lipinski definition) is 1. The first kappa shape index (κ1) is 14.5. The van der Waals surface area contributed by atoms with Gasteiger partial charge in [-0.2, -0.15) is 0 Å². The predicted molar refractivity (Wildman–Crippen MR) is 70.1 cm³/mol. The van der Waals surface area contributed by atoms with Crippen LogP contribution in [-0.2, 0) is 4.79 Å². The second-order valence-corrected chi connectivity index (χ2v) is 5.41. The number of aliphatic carboxylic acids is 1. The summed E-state index contributed by atoms with van der Waals surface area (Å²) < 4.78 is 0. The maximum absolute atomic E-state index is 11.1. The fourth-order valence-corrected chi connectivity index (χ4v) is 2.95. The molecule has 0 amide bonds. The van der Waals surface area contributed by atoms with E-state index in [1.165, 1.54) is 32.1 Å². The Labute approximate surface area is 105 Å². The molecule has 3 atom stereocenters. The first-order valence-corrected chi connectivity index (χ1v) is 7.06. The van der Waals surface area contributed by atoms with E-state index >= 15 is 0 Å². The van der Waals surface area contributed by atoms with Crippen molar-refractivity contribution in [2.45, 2.75) is 71.4 Å². The average molecular weight is 241 g/mol. The Bertz CT molecular complexity index is 242. The third-order valence-corrected chi connectivity index (χ3v) is 4.16. The molecule has 3 nitrogen and oxygen atoms in total. The van der Waals surface area contributed by atoms with Gasteiger partial charge in [0.1, 0.15) is 0 Å². The summed E-state index contributed by atoms with van der Waals surface area (Å²) in [6.45, 7) is 7.48. The maximum Gasteiger partial charge on any atom is 0.308 e. The average Bonchev–Trinajstić information content (AvgIpc) is 2.66. The molecule has 0 saturated carbocycles. The second-order valence-electron chi connectivity index (χ2n) is 5.41. The molecule has 1 N–H and O–H groups in total. The number of carboxylic acid groups (broad SMARTS) is 1. The summed E-state index contributed by atoms with van der Waals surface area (Å²) in [6.07, 6.45) is 7.20. The minimum absolute atomic E-state index is 0.159. The van der Waals surface area contributed by atoms with Gasteiger partial charge in [-0.25, -0.2) is 0 Å². The third-order valence-electron chi connectivity index (χ3n) is 4.16. The predicted octanol–water partition coefficient (Wildman–Crippen LogP) is 3.14. The molecule has 0 spiro atoms. The van der Waals surface area contributed by atoms with Crippen LogP contribution in [0.4, 0.5) is 0 Å². The normalized spacial score (nSPS) is 27.2. The van der Waals surface area contributed by atoms with E-state index in [2.05, 4.69) is 25.7 Å². The Balaban J connectivity index is 2.32. The number of hydrogen-bond acceptors (Lipinski definition) is 2. The molecule has 3 heteroatoms. The SMILES string of the molecule is CCCCCCC(C)N1CCC(C(=O)O)C1C. The molecule has 1 aliphatic heterocycles. The van der Waals surface area contributed by atoms with Crippen molar-refractivity contribution in [2.75, 3.05) is 6.54 Å². The highest BCUT2D eigenvalue weighted by atomic mass is 16.4. The van der Waals surface area contributed by atoms with Gasteiger partial charge in [0.15, 0.2) is 0 Å². The summed E-state index contributed by atoms with van der Waals surface area (Å²) in [7, 11) is 0. The molecule has 0 bridgehead atoms. The largest absolute Gasteiger partial charge is 0.481 e. The van der Waals surface area contributed by atoms with Crippen LogP contribution in [0, 0.1) is 5.92 Å². The topological polar surface area (TPSA) is 40.5 Å². The zero-order valence-corrected chi connectivity index (χ0v) is 11.5. The molecule has 0 aromatic rings. The van der Waals surface area contributed by atoms with Crippen LogP contribution < -0.4 is 0 Å². The van der Waals surface area contributed by atoms with Crippen molar-refractivity contribution in [3.8, 4) is 0 Å². The zero-order valence-electron chi connectivity index (χ0n) is 11.5. The van der Waals surface area contributed by atoms with Crippen molar-refractivity contribution in [2.24, 2.45) is 5.92 Å². The summed E-state index contributed by atoms with van der Waals surface area (Å²) in [5, 5.41) is 9.10. The Morgan fingerprint density at radius 3 is 2.65 bits per heavy atom. The minimum Gasteiger partial charge on any atom is -0.481 e. The first-order valence-electron chi connectivity index (χ1n) is 7.06. The van der Waals surface area contributed by atoms with Gasteiger partial charge < -0.3 is 5.11 Å². The van der Waals surface area contributed by atoms with Gasteiger partial charge in [-0.3, -0.25) is 9.69 Å². The molecule has 0 aromatic carbocycles. The Morgan fingerprint density at radius 1 is 1.41 bits per heavy atom. The van der Waals surface area contributed by atoms with Crippen molar-refractivity contribution in [1.29, 1.82) is 0 Å². The Kier molecular flexibility index (Phi) is 5.96. The molecule has 100 valence electrons. The summed E-state index contributed by atoms with van der Waals surface area (Å²) in [4.78, 5) is 13.4. The molecule has 17 heavy (non-hydrogen) atoms. The van der Waals surface area contributed by atoms with Gasteiger partial charge in [-0.1, -0.05) is 32.6 Å². The lowest BCUT2D eigenvalue weighted by atomic mass is 10.0. The molecule has 1 saturated heterocycles. The van der Waals surface area contributed by atoms with E-state index in [4.69, 9.17) is 5.11 Å². The maximum atomic E-state index is 11.1. The van der Waals surface area contributed by atoms with Crippen LogP contribution in [0.1, 0.15) is 59.3 Å². The molecule has 1 rings (SSSR count). The van der Waals surface area contributed by atoms with Crippen molar-refractivity contribution in [3.63, 3.8) is 0 Å². The molecular weight excluding hydrogens is 214 g/mol. The number of nitrogens with zero attached hydrogens (tertiary/aromatic N) is 1. The van der Waals surface area contributed by atoms with Crippen LogP contribution >= 0.6 is 0 Å². The van der Waals surface area contributed by atoms with Gasteiger partial charge >= 0.3 is 5.97 Å². The smallest absolute Gasteiger partial charge is 0.308 e. The lowest BCUT2D eigenvalue weighted by Gasteiger charge is -2.29. The van der Waals surface area contributed by atoms with Crippen molar-refractivity contribution >= 4 is 5.97 Å². The molecule has 3 unspecified atom stereocenters. The number of likely N-dealkylation sites (tertiary alicyclic amines) is 1. The summed E-state index contributed by atoms with van der Waals surface area (Å²) in [6, 6.07) is 0.736. The van der Waals surface area contributed by atoms with E-state index in [9.17, 15) is 4.79 Å². The van der Waals surface area contributed by atoms with E-state index in [1.54, 1.807) is 0 Å². The van der Waals surface area contributed by atoms with E-state index in [1.807, 2.05) is 0 Å². The van der Waals surface area contributed by atoms with Crippen molar-refractivity contribution in [3.05, 3.63) is 0 Å². The first-order chi connectivity index (χ1) is 8.07. The van der Waals surface area contributed by atoms with Gasteiger partial charge in [-0.05, 0) is 33.2 Å². The fraction of sp³-hybridized carbons (Fsp3) is 0.929. The van der Waals surface area contributed by atoms with Gasteiger partial charge in [-0.15, -0.1) is 0 Å². The highest BCUT2D eigenvalue weighted by Crippen LogP contribution is 2.27. The molecule has 1 fully saturated rings. The molecule has 1 heterocycles. The van der Waals surface area contributed by atoms with Crippen LogP contribution in [0.5, 0.6) is 0 Å². The van der Waals surface area contributed by atoms with Crippen LogP contribution in [-0.4, -0.2) is 34.6 Å². The molecule has 1 aliphatic rings. The van der Waals surface area contributed by atoms with E-state index < -0.39 is 5.97 Å². The molecular formula is C14H27NO2. The third kappa shape index (κ3) is 3.98. The highest BCUT2D eigenvalue weighted by Gasteiger charge is 2.37. The number of carbonyl (C=O) groups is 1. The van der Waals surface area contributed by atoms with Crippen molar-refractivity contribution in [1.82, 2.24) is 4.90 Å². The van der Waals surface area contributed by atoms with Crippen LogP contribution in [0.15, 0.2) is 0 Å². The lowest BCUT2D eigenvalue weighted by Crippen LogP contribution is -2.39. The second kappa shape index (κ2) is 7.00. The quantitative estimate of drug-likeness (QED) is 0.696. The molecule has 0 radical (unpaired) electrons. The van der Waals surface area contributed by atoms with E-state index in [0.717, 1.165) is 13.0 Å². The standard InChI is InChI=1S/C14H27NO2/c1-4-5-6-7-8-11(2)15-10-9-13(12(15)3)14(16)17/h11-13H,4-10H2,1-3H3,(H,16,17). The zero-order chi connectivity index (χ0) is 12.8. The molecule has 0 aliphatic carbocycles. The lowest BCUT2D eigenvalue weighted by molar-refractivity contribution is -0.142. The van der Waals surface area contributed by atoms with Crippen LogP contribution in [0.2, 0.25) is 0 Å². The fourth-order valence-electron chi connectivity index (χ4n) is 2.95. The van der Waals surface area contributed by atoms with Crippen molar-refractivity contribution < 1.29 is 9.90 Å². The summed E-state index contributed by atoms with van der Waals surface area (Å²) >= 11 is 0. The summed E-state index contributed by atoms with van der Waals surface area (Å²) in [5.41, 5.74) is 0. The monoisotopic (exact) mass is 241 g/mol. The van der Waals surface area contributed by atoms with Crippen LogP contribution in [0.3, 0.4) is 0 Å².